The lowest BCUT2D eigenvalue weighted by Crippen LogP contribution is -2.56. The average molecular weight is 378 g/mol. The first-order valence-electron chi connectivity index (χ1n) is 10.7. The Morgan fingerprint density at radius 3 is 1.85 bits per heavy atom. The number of carbonyl (C=O) groups excluding carboxylic acids is 3. The number of ketones is 1. The zero-order valence-electron chi connectivity index (χ0n) is 17.4. The normalized spacial score (nSPS) is 29.6. The summed E-state index contributed by atoms with van der Waals surface area (Å²) in [5, 5.41) is 0. The molecule has 3 aliphatic rings. The highest BCUT2D eigenvalue weighted by atomic mass is 16.2. The summed E-state index contributed by atoms with van der Waals surface area (Å²) in [4.78, 5) is 44.7. The molecule has 6 heteroatoms. The second-order valence-corrected chi connectivity index (χ2v) is 9.22. The minimum Gasteiger partial charge on any atom is -0.331 e. The summed E-state index contributed by atoms with van der Waals surface area (Å²) >= 11 is 0. The van der Waals surface area contributed by atoms with Gasteiger partial charge in [0.25, 0.3) is 0 Å². The van der Waals surface area contributed by atoms with Crippen LogP contribution < -0.4 is 0 Å². The maximum atomic E-state index is 13.4. The zero-order valence-corrected chi connectivity index (χ0v) is 17.4. The molecule has 0 spiro atoms. The largest absolute Gasteiger partial charge is 0.331 e. The third-order valence-electron chi connectivity index (χ3n) is 6.48. The molecule has 152 valence electrons. The van der Waals surface area contributed by atoms with Crippen molar-refractivity contribution in [1.82, 2.24) is 14.7 Å². The second-order valence-electron chi connectivity index (χ2n) is 9.22. The maximum absolute atomic E-state index is 13.4. The summed E-state index contributed by atoms with van der Waals surface area (Å²) in [5.74, 6) is 0.243. The Labute approximate surface area is 163 Å². The van der Waals surface area contributed by atoms with Crippen molar-refractivity contribution in [3.05, 3.63) is 0 Å². The third kappa shape index (κ3) is 3.91. The van der Waals surface area contributed by atoms with E-state index in [1.54, 1.807) is 4.90 Å². The molecule has 27 heavy (non-hydrogen) atoms. The summed E-state index contributed by atoms with van der Waals surface area (Å²) < 4.78 is 0. The molecule has 3 saturated heterocycles. The Morgan fingerprint density at radius 2 is 1.26 bits per heavy atom. The van der Waals surface area contributed by atoms with Gasteiger partial charge in [0.15, 0.2) is 5.78 Å². The van der Waals surface area contributed by atoms with Crippen LogP contribution in [0.1, 0.15) is 72.6 Å². The van der Waals surface area contributed by atoms with Crippen LogP contribution in [0.25, 0.3) is 0 Å². The van der Waals surface area contributed by atoms with Crippen molar-refractivity contribution in [3.63, 3.8) is 0 Å². The molecular weight excluding hydrogens is 342 g/mol. The molecule has 0 N–H and O–H groups in total. The van der Waals surface area contributed by atoms with Crippen LogP contribution in [-0.2, 0) is 14.4 Å². The van der Waals surface area contributed by atoms with Crippen molar-refractivity contribution in [1.29, 1.82) is 0 Å². The Bertz CT molecular complexity index is 598. The van der Waals surface area contributed by atoms with Crippen LogP contribution >= 0.6 is 0 Å². The highest BCUT2D eigenvalue weighted by Gasteiger charge is 2.45. The average Bonchev–Trinajstić information content (AvgIpc) is 3.38. The van der Waals surface area contributed by atoms with Crippen molar-refractivity contribution in [2.45, 2.75) is 96.3 Å². The molecule has 0 radical (unpaired) electrons. The van der Waals surface area contributed by atoms with Crippen molar-refractivity contribution in [2.75, 3.05) is 19.6 Å². The van der Waals surface area contributed by atoms with Crippen LogP contribution in [0.2, 0.25) is 0 Å². The number of amides is 2. The fourth-order valence-corrected chi connectivity index (χ4v) is 5.10. The Hall–Kier alpha value is -1.43. The van der Waals surface area contributed by atoms with Gasteiger partial charge in [0.1, 0.15) is 6.04 Å². The van der Waals surface area contributed by atoms with E-state index in [4.69, 9.17) is 0 Å². The van der Waals surface area contributed by atoms with E-state index in [0.29, 0.717) is 19.5 Å². The first-order chi connectivity index (χ1) is 12.8. The van der Waals surface area contributed by atoms with Gasteiger partial charge in [-0.2, -0.15) is 0 Å². The molecule has 0 aromatic heterocycles. The lowest BCUT2D eigenvalue weighted by atomic mass is 10.0. The summed E-state index contributed by atoms with van der Waals surface area (Å²) in [6.07, 6.45) is 5.58. The lowest BCUT2D eigenvalue weighted by Gasteiger charge is -2.39. The topological polar surface area (TPSA) is 60.9 Å². The van der Waals surface area contributed by atoms with Gasteiger partial charge in [-0.05, 0) is 65.8 Å². The van der Waals surface area contributed by atoms with E-state index in [1.165, 1.54) is 0 Å². The van der Waals surface area contributed by atoms with Crippen molar-refractivity contribution >= 4 is 17.6 Å². The van der Waals surface area contributed by atoms with Crippen LogP contribution in [0.5, 0.6) is 0 Å². The van der Waals surface area contributed by atoms with Crippen LogP contribution in [0.15, 0.2) is 0 Å². The molecule has 3 heterocycles. The second kappa shape index (κ2) is 7.90. The van der Waals surface area contributed by atoms with E-state index in [-0.39, 0.29) is 41.3 Å². The van der Waals surface area contributed by atoms with Gasteiger partial charge in [-0.25, -0.2) is 0 Å². The molecule has 2 amide bonds. The van der Waals surface area contributed by atoms with Crippen molar-refractivity contribution in [2.24, 2.45) is 0 Å². The van der Waals surface area contributed by atoms with E-state index in [0.717, 1.165) is 45.1 Å². The first kappa shape index (κ1) is 20.3. The Balaban J connectivity index is 1.74. The van der Waals surface area contributed by atoms with Gasteiger partial charge in [-0.3, -0.25) is 19.3 Å². The van der Waals surface area contributed by atoms with Gasteiger partial charge in [0.05, 0.1) is 12.1 Å². The van der Waals surface area contributed by atoms with E-state index >= 15 is 0 Å². The van der Waals surface area contributed by atoms with E-state index in [1.807, 2.05) is 11.8 Å². The molecule has 0 aromatic carbocycles. The fraction of sp³-hybridized carbons (Fsp3) is 0.857. The molecule has 6 nitrogen and oxygen atoms in total. The van der Waals surface area contributed by atoms with Crippen molar-refractivity contribution < 1.29 is 14.4 Å². The van der Waals surface area contributed by atoms with Crippen LogP contribution in [0.4, 0.5) is 0 Å². The number of likely N-dealkylation sites (tertiary alicyclic amines) is 3. The minimum absolute atomic E-state index is 0.00884. The number of rotatable bonds is 4. The molecule has 0 bridgehead atoms. The molecule has 0 aromatic rings. The van der Waals surface area contributed by atoms with Gasteiger partial charge in [0.2, 0.25) is 11.8 Å². The fourth-order valence-electron chi connectivity index (χ4n) is 5.10. The molecule has 3 aliphatic heterocycles. The summed E-state index contributed by atoms with van der Waals surface area (Å²) in [7, 11) is 0. The van der Waals surface area contributed by atoms with Gasteiger partial charge < -0.3 is 9.80 Å². The SMILES string of the molecule is CCC(=O)C1CCCN1C(=O)C1CCCN1C(=O)C1CCCN1C(C)(C)C. The van der Waals surface area contributed by atoms with Crippen LogP contribution in [-0.4, -0.2) is 75.6 Å². The number of Topliss-reactive ketones (excluding diaryl/α,β-unsaturated/α-hetero) is 1. The number of hydrogen-bond acceptors (Lipinski definition) is 4. The molecule has 3 unspecified atom stereocenters. The van der Waals surface area contributed by atoms with E-state index in [2.05, 4.69) is 25.7 Å². The minimum atomic E-state index is -0.384. The van der Waals surface area contributed by atoms with E-state index in [9.17, 15) is 14.4 Å². The van der Waals surface area contributed by atoms with Gasteiger partial charge in [-0.15, -0.1) is 0 Å². The number of nitrogens with zero attached hydrogens (tertiary/aromatic N) is 3. The highest BCUT2D eigenvalue weighted by Crippen LogP contribution is 2.31. The maximum Gasteiger partial charge on any atom is 0.245 e. The highest BCUT2D eigenvalue weighted by molar-refractivity contribution is 5.94. The van der Waals surface area contributed by atoms with Gasteiger partial charge >= 0.3 is 0 Å². The molecule has 3 rings (SSSR count). The summed E-state index contributed by atoms with van der Waals surface area (Å²) in [5.41, 5.74) is -0.0519. The summed E-state index contributed by atoms with van der Waals surface area (Å²) in [6.45, 7) is 10.5. The van der Waals surface area contributed by atoms with Crippen LogP contribution in [0.3, 0.4) is 0 Å². The Kier molecular flexibility index (Phi) is 5.94. The van der Waals surface area contributed by atoms with Crippen molar-refractivity contribution in [3.8, 4) is 0 Å². The monoisotopic (exact) mass is 377 g/mol. The number of hydrogen-bond donors (Lipinski definition) is 0. The first-order valence-corrected chi connectivity index (χ1v) is 10.7. The quantitative estimate of drug-likeness (QED) is 0.754. The predicted molar refractivity (Wildman–Crippen MR) is 104 cm³/mol. The molecule has 3 fully saturated rings. The Morgan fingerprint density at radius 1 is 0.778 bits per heavy atom. The number of carbonyl (C=O) groups is 3. The lowest BCUT2D eigenvalue weighted by molar-refractivity contribution is -0.148. The predicted octanol–water partition coefficient (Wildman–Crippen LogP) is 2.21. The third-order valence-corrected chi connectivity index (χ3v) is 6.48. The van der Waals surface area contributed by atoms with Gasteiger partial charge in [0, 0.05) is 25.0 Å². The van der Waals surface area contributed by atoms with Crippen LogP contribution in [0, 0.1) is 0 Å². The molecule has 3 atom stereocenters. The summed E-state index contributed by atoms with van der Waals surface area (Å²) in [6, 6.07) is -0.784. The molecule has 0 saturated carbocycles. The van der Waals surface area contributed by atoms with E-state index < -0.39 is 0 Å². The standard InChI is InChI=1S/C21H35N3O3/c1-5-18(25)15-9-6-12-22(15)19(26)16-10-7-13-23(16)20(27)17-11-8-14-24(17)21(2,3)4/h15-17H,5-14H2,1-4H3. The smallest absolute Gasteiger partial charge is 0.245 e. The zero-order chi connectivity index (χ0) is 19.8. The molecule has 0 aliphatic carbocycles. The van der Waals surface area contributed by atoms with Gasteiger partial charge in [-0.1, -0.05) is 6.92 Å². The molecular formula is C21H35N3O3.